The molecule has 26 heavy (non-hydrogen) atoms. The number of fused-ring (bicyclic) bond motifs is 5. The number of imidazole rings is 1. The van der Waals surface area contributed by atoms with Gasteiger partial charge >= 0.3 is 0 Å². The van der Waals surface area contributed by atoms with Gasteiger partial charge in [-0.2, -0.15) is 0 Å². The second kappa shape index (κ2) is 6.25. The molecule has 0 radical (unpaired) electrons. The topological polar surface area (TPSA) is 86.3 Å². The van der Waals surface area contributed by atoms with Crippen LogP contribution in [0, 0.1) is 0 Å². The summed E-state index contributed by atoms with van der Waals surface area (Å²) in [6, 6.07) is 6.35. The molecule has 0 unspecified atom stereocenters. The average molecular weight is 353 g/mol. The summed E-state index contributed by atoms with van der Waals surface area (Å²) in [6.45, 7) is 3.27. The molecule has 0 saturated carbocycles. The molecular formula is C19H23N5O2. The highest BCUT2D eigenvalue weighted by Crippen LogP contribution is 2.33. The van der Waals surface area contributed by atoms with E-state index in [0.29, 0.717) is 31.9 Å². The van der Waals surface area contributed by atoms with Gasteiger partial charge in [-0.15, -0.1) is 0 Å². The minimum absolute atomic E-state index is 0.117. The van der Waals surface area contributed by atoms with Crippen LogP contribution in [0.1, 0.15) is 30.8 Å². The van der Waals surface area contributed by atoms with Gasteiger partial charge in [0.15, 0.2) is 5.82 Å². The fourth-order valence-electron chi connectivity index (χ4n) is 3.57. The van der Waals surface area contributed by atoms with Crippen molar-refractivity contribution >= 4 is 33.7 Å². The maximum atomic E-state index is 11.8. The standard InChI is InChI=1S/C19H23N5O2/c1-11-9-26-10-15-22-17-18(24(11)15)13-6-4-12(5-7-16(25)23(2)3)8-14(13)21-19(17)20/h4,6,8,11H,5,7,9-10H2,1-3H3,(H2,20,21)/t11-/m0/s1. The average Bonchev–Trinajstić information content (AvgIpc) is 3.01. The first-order chi connectivity index (χ1) is 12.5. The number of pyridine rings is 1. The number of anilines is 1. The van der Waals surface area contributed by atoms with Gasteiger partial charge in [0, 0.05) is 25.9 Å². The Hall–Kier alpha value is -2.67. The summed E-state index contributed by atoms with van der Waals surface area (Å²) < 4.78 is 7.82. The van der Waals surface area contributed by atoms with E-state index in [1.807, 2.05) is 6.07 Å². The molecule has 0 saturated heterocycles. The monoisotopic (exact) mass is 353 g/mol. The first-order valence-electron chi connectivity index (χ1n) is 8.82. The van der Waals surface area contributed by atoms with Gasteiger partial charge in [-0.1, -0.05) is 12.1 Å². The van der Waals surface area contributed by atoms with E-state index in [2.05, 4.69) is 33.6 Å². The molecule has 2 N–H and O–H groups in total. The van der Waals surface area contributed by atoms with Crippen LogP contribution in [0.2, 0.25) is 0 Å². The fraction of sp³-hybridized carbons (Fsp3) is 0.421. The Morgan fingerprint density at radius 2 is 2.19 bits per heavy atom. The Morgan fingerprint density at radius 3 is 2.96 bits per heavy atom. The predicted molar refractivity (Wildman–Crippen MR) is 101 cm³/mol. The minimum atomic E-state index is 0.117. The number of ether oxygens (including phenoxy) is 1. The second-order valence-corrected chi connectivity index (χ2v) is 7.10. The van der Waals surface area contributed by atoms with Crippen molar-refractivity contribution in [2.24, 2.45) is 0 Å². The largest absolute Gasteiger partial charge is 0.382 e. The third-order valence-corrected chi connectivity index (χ3v) is 4.94. The van der Waals surface area contributed by atoms with Gasteiger partial charge in [-0.05, 0) is 25.0 Å². The summed E-state index contributed by atoms with van der Waals surface area (Å²) in [5, 5.41) is 1.03. The molecule has 1 atom stereocenters. The third kappa shape index (κ3) is 2.68. The first kappa shape index (κ1) is 16.8. The molecular weight excluding hydrogens is 330 g/mol. The lowest BCUT2D eigenvalue weighted by molar-refractivity contribution is -0.128. The second-order valence-electron chi connectivity index (χ2n) is 7.10. The highest BCUT2D eigenvalue weighted by molar-refractivity contribution is 6.06. The molecule has 0 aliphatic carbocycles. The molecule has 136 valence electrons. The van der Waals surface area contributed by atoms with Crippen LogP contribution >= 0.6 is 0 Å². The molecule has 4 rings (SSSR count). The van der Waals surface area contributed by atoms with E-state index in [1.54, 1.807) is 19.0 Å². The van der Waals surface area contributed by atoms with Gasteiger partial charge in [0.05, 0.1) is 23.7 Å². The minimum Gasteiger partial charge on any atom is -0.382 e. The molecule has 1 amide bonds. The Kier molecular flexibility index (Phi) is 4.03. The molecule has 1 aliphatic rings. The molecule has 7 nitrogen and oxygen atoms in total. The number of benzene rings is 1. The van der Waals surface area contributed by atoms with Gasteiger partial charge in [-0.25, -0.2) is 9.97 Å². The van der Waals surface area contributed by atoms with Crippen molar-refractivity contribution in [3.63, 3.8) is 0 Å². The Balaban J connectivity index is 1.81. The smallest absolute Gasteiger partial charge is 0.222 e. The van der Waals surface area contributed by atoms with Crippen molar-refractivity contribution in [1.29, 1.82) is 0 Å². The number of carbonyl (C=O) groups excluding carboxylic acids is 1. The molecule has 3 aromatic rings. The van der Waals surface area contributed by atoms with E-state index in [-0.39, 0.29) is 11.9 Å². The van der Waals surface area contributed by atoms with Crippen molar-refractivity contribution in [1.82, 2.24) is 19.4 Å². The van der Waals surface area contributed by atoms with Crippen LogP contribution in [0.3, 0.4) is 0 Å². The van der Waals surface area contributed by atoms with E-state index >= 15 is 0 Å². The number of nitrogens with zero attached hydrogens (tertiary/aromatic N) is 4. The Morgan fingerprint density at radius 1 is 1.38 bits per heavy atom. The van der Waals surface area contributed by atoms with Crippen LogP contribution < -0.4 is 5.73 Å². The normalized spacial score (nSPS) is 16.8. The highest BCUT2D eigenvalue weighted by Gasteiger charge is 2.24. The first-order valence-corrected chi connectivity index (χ1v) is 8.82. The van der Waals surface area contributed by atoms with Gasteiger partial charge in [0.25, 0.3) is 0 Å². The summed E-state index contributed by atoms with van der Waals surface area (Å²) in [7, 11) is 3.55. The summed E-state index contributed by atoms with van der Waals surface area (Å²) >= 11 is 0. The molecule has 1 aromatic carbocycles. The van der Waals surface area contributed by atoms with Gasteiger partial charge in [0.1, 0.15) is 17.9 Å². The SMILES string of the molecule is C[C@H]1COCc2nc3c(N)nc4cc(CCC(=O)N(C)C)ccc4c3n21. The maximum Gasteiger partial charge on any atom is 0.222 e. The van der Waals surface area contributed by atoms with Crippen LogP contribution in [0.15, 0.2) is 18.2 Å². The quantitative estimate of drug-likeness (QED) is 0.781. The predicted octanol–water partition coefficient (Wildman–Crippen LogP) is 2.28. The number of hydrogen-bond acceptors (Lipinski definition) is 5. The zero-order valence-corrected chi connectivity index (χ0v) is 15.3. The van der Waals surface area contributed by atoms with Crippen molar-refractivity contribution in [3.05, 3.63) is 29.6 Å². The van der Waals surface area contributed by atoms with Crippen LogP contribution in [-0.4, -0.2) is 46.0 Å². The molecule has 1 aliphatic heterocycles. The van der Waals surface area contributed by atoms with Gasteiger partial charge in [0.2, 0.25) is 5.91 Å². The summed E-state index contributed by atoms with van der Waals surface area (Å²) in [4.78, 5) is 22.7. The van der Waals surface area contributed by atoms with Crippen LogP contribution in [0.5, 0.6) is 0 Å². The van der Waals surface area contributed by atoms with E-state index in [1.165, 1.54) is 0 Å². The van der Waals surface area contributed by atoms with Crippen molar-refractivity contribution in [2.75, 3.05) is 26.4 Å². The number of nitrogen functional groups attached to an aromatic ring is 1. The summed E-state index contributed by atoms with van der Waals surface area (Å²) in [5.41, 5.74) is 9.88. The lowest BCUT2D eigenvalue weighted by Crippen LogP contribution is -2.21. The number of aryl methyl sites for hydroxylation is 1. The molecule has 7 heteroatoms. The molecule has 2 aromatic heterocycles. The lowest BCUT2D eigenvalue weighted by Gasteiger charge is -2.23. The maximum absolute atomic E-state index is 11.8. The Bertz CT molecular complexity index is 1010. The van der Waals surface area contributed by atoms with Crippen molar-refractivity contribution in [3.8, 4) is 0 Å². The zero-order chi connectivity index (χ0) is 18.4. The van der Waals surface area contributed by atoms with E-state index in [9.17, 15) is 4.79 Å². The van der Waals surface area contributed by atoms with E-state index in [0.717, 1.165) is 33.3 Å². The fourth-order valence-corrected chi connectivity index (χ4v) is 3.57. The summed E-state index contributed by atoms with van der Waals surface area (Å²) in [6.07, 6.45) is 1.16. The number of aromatic nitrogens is 3. The number of amides is 1. The number of carbonyl (C=O) groups is 1. The van der Waals surface area contributed by atoms with Crippen LogP contribution in [0.4, 0.5) is 5.82 Å². The summed E-state index contributed by atoms with van der Waals surface area (Å²) in [5.74, 6) is 1.44. The number of nitrogens with two attached hydrogens (primary N) is 1. The van der Waals surface area contributed by atoms with Crippen LogP contribution in [-0.2, 0) is 22.6 Å². The zero-order valence-electron chi connectivity index (χ0n) is 15.3. The van der Waals surface area contributed by atoms with Gasteiger partial charge < -0.3 is 19.9 Å². The third-order valence-electron chi connectivity index (χ3n) is 4.94. The van der Waals surface area contributed by atoms with Gasteiger partial charge in [-0.3, -0.25) is 4.79 Å². The molecule has 0 bridgehead atoms. The molecule has 3 heterocycles. The Labute approximate surface area is 151 Å². The van der Waals surface area contributed by atoms with Crippen molar-refractivity contribution < 1.29 is 9.53 Å². The molecule has 0 fully saturated rings. The van der Waals surface area contributed by atoms with E-state index in [4.69, 9.17) is 10.5 Å². The molecule has 0 spiro atoms. The van der Waals surface area contributed by atoms with Crippen molar-refractivity contribution in [2.45, 2.75) is 32.4 Å². The highest BCUT2D eigenvalue weighted by atomic mass is 16.5. The number of rotatable bonds is 3. The lowest BCUT2D eigenvalue weighted by atomic mass is 10.1. The number of hydrogen-bond donors (Lipinski definition) is 1. The van der Waals surface area contributed by atoms with E-state index < -0.39 is 0 Å². The van der Waals surface area contributed by atoms with Crippen LogP contribution in [0.25, 0.3) is 21.9 Å².